The van der Waals surface area contributed by atoms with Crippen molar-refractivity contribution in [3.63, 3.8) is 0 Å². The number of pyridine rings is 1. The average Bonchev–Trinajstić information content (AvgIpc) is 3.49. The molecule has 0 fully saturated rings. The van der Waals surface area contributed by atoms with Crippen LogP contribution in [0.2, 0.25) is 0 Å². The average molecular weight is 573 g/mol. The van der Waals surface area contributed by atoms with Crippen molar-refractivity contribution in [3.8, 4) is 5.75 Å². The van der Waals surface area contributed by atoms with E-state index in [9.17, 15) is 23.1 Å². The van der Waals surface area contributed by atoms with Gasteiger partial charge < -0.3 is 20.1 Å². The number of aliphatic hydroxyl groups excluding tert-OH is 1. The predicted molar refractivity (Wildman–Crippen MR) is 148 cm³/mol. The van der Waals surface area contributed by atoms with Crippen LogP contribution in [0.4, 0.5) is 5.69 Å². The predicted octanol–water partition coefficient (Wildman–Crippen LogP) is 2.87. The van der Waals surface area contributed by atoms with Gasteiger partial charge in [-0.25, -0.2) is 8.42 Å². The molecule has 39 heavy (non-hydrogen) atoms. The van der Waals surface area contributed by atoms with E-state index in [1.807, 2.05) is 6.92 Å². The van der Waals surface area contributed by atoms with Crippen LogP contribution >= 0.6 is 11.3 Å². The first-order valence-electron chi connectivity index (χ1n) is 12.5. The number of amides is 2. The van der Waals surface area contributed by atoms with E-state index in [0.29, 0.717) is 22.6 Å². The monoisotopic (exact) mass is 572 g/mol. The van der Waals surface area contributed by atoms with Gasteiger partial charge in [0.15, 0.2) is 0 Å². The van der Waals surface area contributed by atoms with Crippen LogP contribution in [0.3, 0.4) is 0 Å². The fraction of sp³-hybridized carbons (Fsp3) is 0.370. The number of carbonyl (C=O) groups is 2. The van der Waals surface area contributed by atoms with Gasteiger partial charge in [0, 0.05) is 48.7 Å². The number of rotatable bonds is 8. The van der Waals surface area contributed by atoms with Crippen LogP contribution in [-0.2, 0) is 21.2 Å². The van der Waals surface area contributed by atoms with Crippen LogP contribution in [-0.4, -0.2) is 78.4 Å². The summed E-state index contributed by atoms with van der Waals surface area (Å²) in [7, 11) is -2.21. The standard InChI is InChI=1S/C27H32N4O6S2/c1-18-15-31(19(2)17-32)25(33)14-21-13-22(29-27(34)20-8-10-28-11-9-20)6-7-23(21)37-24(18)16-30(3)39(35,36)26-5-4-12-38-26/h4-13,18-19,24,32H,14-17H2,1-3H3,(H,29,34)/t18-,19+,24+/m0/s1. The van der Waals surface area contributed by atoms with Crippen LogP contribution in [0, 0.1) is 5.92 Å². The highest BCUT2D eigenvalue weighted by Gasteiger charge is 2.33. The zero-order valence-corrected chi connectivity index (χ0v) is 23.6. The quantitative estimate of drug-likeness (QED) is 0.425. The number of anilines is 1. The number of fused-ring (bicyclic) bond motifs is 1. The molecule has 208 valence electrons. The fourth-order valence-electron chi connectivity index (χ4n) is 4.35. The number of aromatic nitrogens is 1. The summed E-state index contributed by atoms with van der Waals surface area (Å²) >= 11 is 1.14. The molecule has 0 saturated carbocycles. The maximum absolute atomic E-state index is 13.4. The van der Waals surface area contributed by atoms with E-state index in [0.717, 1.165) is 11.3 Å². The topological polar surface area (TPSA) is 129 Å². The summed E-state index contributed by atoms with van der Waals surface area (Å²) in [6.45, 7) is 3.77. The van der Waals surface area contributed by atoms with Crippen LogP contribution in [0.1, 0.15) is 29.8 Å². The molecule has 0 spiro atoms. The van der Waals surface area contributed by atoms with Gasteiger partial charge in [0.05, 0.1) is 25.6 Å². The van der Waals surface area contributed by atoms with E-state index in [-0.39, 0.29) is 48.1 Å². The largest absolute Gasteiger partial charge is 0.488 e. The molecule has 0 unspecified atom stereocenters. The molecule has 0 aliphatic carbocycles. The number of nitrogens with one attached hydrogen (secondary N) is 1. The third kappa shape index (κ3) is 6.64. The van der Waals surface area contributed by atoms with Crippen molar-refractivity contribution in [2.75, 3.05) is 32.1 Å². The van der Waals surface area contributed by atoms with Gasteiger partial charge in [-0.2, -0.15) is 4.31 Å². The third-order valence-corrected chi connectivity index (χ3v) is 9.91. The zero-order chi connectivity index (χ0) is 28.2. The highest BCUT2D eigenvalue weighted by atomic mass is 32.2. The Morgan fingerprint density at radius 2 is 2.03 bits per heavy atom. The molecule has 2 aromatic heterocycles. The van der Waals surface area contributed by atoms with Crippen molar-refractivity contribution in [1.29, 1.82) is 0 Å². The Balaban J connectivity index is 1.65. The minimum atomic E-state index is -3.72. The molecule has 12 heteroatoms. The molecule has 1 aromatic carbocycles. The van der Waals surface area contributed by atoms with Gasteiger partial charge in [-0.1, -0.05) is 13.0 Å². The minimum Gasteiger partial charge on any atom is -0.488 e. The molecule has 2 amide bonds. The van der Waals surface area contributed by atoms with Crippen LogP contribution in [0.5, 0.6) is 5.75 Å². The SMILES string of the molecule is C[C@H](CO)N1C[C@H](C)[C@@H](CN(C)S(=O)(=O)c2cccs2)Oc2ccc(NC(=O)c3ccncc3)cc2CC1=O. The number of aliphatic hydroxyl groups is 1. The van der Waals surface area contributed by atoms with Gasteiger partial charge in [0.25, 0.3) is 15.9 Å². The van der Waals surface area contributed by atoms with Crippen molar-refractivity contribution in [1.82, 2.24) is 14.2 Å². The number of hydrogen-bond donors (Lipinski definition) is 2. The number of sulfonamides is 1. The molecule has 3 aromatic rings. The Hall–Kier alpha value is -3.32. The molecule has 3 heterocycles. The van der Waals surface area contributed by atoms with Crippen LogP contribution in [0.15, 0.2) is 64.4 Å². The molecule has 3 atom stereocenters. The summed E-state index contributed by atoms with van der Waals surface area (Å²) < 4.78 is 34.1. The molecule has 1 aliphatic heterocycles. The summed E-state index contributed by atoms with van der Waals surface area (Å²) in [4.78, 5) is 31.6. The van der Waals surface area contributed by atoms with Gasteiger partial charge >= 0.3 is 0 Å². The number of carbonyl (C=O) groups excluding carboxylic acids is 2. The second-order valence-corrected chi connectivity index (χ2v) is 12.8. The molecule has 0 saturated heterocycles. The van der Waals surface area contributed by atoms with Gasteiger partial charge in [-0.05, 0) is 48.7 Å². The molecule has 2 N–H and O–H groups in total. The van der Waals surface area contributed by atoms with Crippen molar-refractivity contribution in [3.05, 3.63) is 71.4 Å². The maximum atomic E-state index is 13.4. The van der Waals surface area contributed by atoms with Gasteiger partial charge in [-0.3, -0.25) is 14.6 Å². The fourth-order valence-corrected chi connectivity index (χ4v) is 6.73. The molecular weight excluding hydrogens is 540 g/mol. The summed E-state index contributed by atoms with van der Waals surface area (Å²) in [6.07, 6.45) is 2.44. The lowest BCUT2D eigenvalue weighted by Gasteiger charge is -2.33. The second-order valence-electron chi connectivity index (χ2n) is 9.62. The number of hydrogen-bond acceptors (Lipinski definition) is 8. The Labute approximate surface area is 232 Å². The summed E-state index contributed by atoms with van der Waals surface area (Å²) in [6, 6.07) is 11.1. The Kier molecular flexibility index (Phi) is 9.01. The van der Waals surface area contributed by atoms with E-state index in [2.05, 4.69) is 10.3 Å². The first kappa shape index (κ1) is 28.7. The van der Waals surface area contributed by atoms with E-state index < -0.39 is 22.2 Å². The number of nitrogens with zero attached hydrogens (tertiary/aromatic N) is 3. The van der Waals surface area contributed by atoms with E-state index >= 15 is 0 Å². The number of benzene rings is 1. The van der Waals surface area contributed by atoms with Gasteiger partial charge in [0.2, 0.25) is 5.91 Å². The molecule has 0 bridgehead atoms. The molecular formula is C27H32N4O6S2. The number of thiophene rings is 1. The number of ether oxygens (including phenoxy) is 1. The molecule has 0 radical (unpaired) electrons. The third-order valence-electron chi connectivity index (χ3n) is 6.71. The lowest BCUT2D eigenvalue weighted by molar-refractivity contribution is -0.134. The summed E-state index contributed by atoms with van der Waals surface area (Å²) in [5.74, 6) is -0.357. The van der Waals surface area contributed by atoms with Crippen molar-refractivity contribution >= 4 is 38.9 Å². The highest BCUT2D eigenvalue weighted by Crippen LogP contribution is 2.30. The molecule has 10 nitrogen and oxygen atoms in total. The first-order valence-corrected chi connectivity index (χ1v) is 14.8. The maximum Gasteiger partial charge on any atom is 0.255 e. The molecule has 4 rings (SSSR count). The van der Waals surface area contributed by atoms with Crippen LogP contribution in [0.25, 0.3) is 0 Å². The normalized spacial score (nSPS) is 18.9. The van der Waals surface area contributed by atoms with Gasteiger partial charge in [0.1, 0.15) is 16.1 Å². The zero-order valence-electron chi connectivity index (χ0n) is 22.0. The minimum absolute atomic E-state index is 0.0125. The highest BCUT2D eigenvalue weighted by molar-refractivity contribution is 7.91. The van der Waals surface area contributed by atoms with Crippen molar-refractivity contribution in [2.24, 2.45) is 5.92 Å². The lowest BCUT2D eigenvalue weighted by atomic mass is 10.0. The van der Waals surface area contributed by atoms with E-state index in [1.54, 1.807) is 59.7 Å². The summed E-state index contributed by atoms with van der Waals surface area (Å²) in [5.41, 5.74) is 1.47. The Morgan fingerprint density at radius 1 is 1.28 bits per heavy atom. The van der Waals surface area contributed by atoms with Crippen LogP contribution < -0.4 is 10.1 Å². The molecule has 1 aliphatic rings. The van der Waals surface area contributed by atoms with Crippen molar-refractivity contribution < 1.29 is 27.9 Å². The summed E-state index contributed by atoms with van der Waals surface area (Å²) in [5, 5.41) is 14.4. The second kappa shape index (κ2) is 12.2. The van der Waals surface area contributed by atoms with Crippen molar-refractivity contribution in [2.45, 2.75) is 36.6 Å². The van der Waals surface area contributed by atoms with Gasteiger partial charge in [-0.15, -0.1) is 11.3 Å². The number of likely N-dealkylation sites (N-methyl/N-ethyl adjacent to an activating group) is 1. The van der Waals surface area contributed by atoms with E-state index in [4.69, 9.17) is 4.74 Å². The van der Waals surface area contributed by atoms with E-state index in [1.165, 1.54) is 23.7 Å². The lowest BCUT2D eigenvalue weighted by Crippen LogP contribution is -2.48. The first-order chi connectivity index (χ1) is 18.6. The smallest absolute Gasteiger partial charge is 0.255 e. The Bertz CT molecular complexity index is 1400. The Morgan fingerprint density at radius 3 is 2.69 bits per heavy atom.